The molecule has 0 aromatic heterocycles. The molecule has 37 valence electrons. The Morgan fingerprint density at radius 1 is 1.50 bits per heavy atom. The van der Waals surface area contributed by atoms with E-state index in [1.54, 1.807) is 0 Å². The molecule has 0 N–H and O–H groups in total. The zero-order valence-corrected chi connectivity index (χ0v) is 4.86. The standard InChI is InChI=1S/C5H13N/c1-5-6(2,3)4/h2,5H2,1,3-4H3/q+1. The van der Waals surface area contributed by atoms with Gasteiger partial charge in [-0.1, -0.05) is 0 Å². The lowest BCUT2D eigenvalue weighted by Gasteiger charge is -2.19. The molecule has 0 aliphatic carbocycles. The van der Waals surface area contributed by atoms with Crippen LogP contribution in [0.3, 0.4) is 0 Å². The van der Waals surface area contributed by atoms with Gasteiger partial charge in [-0.3, -0.25) is 0 Å². The van der Waals surface area contributed by atoms with Gasteiger partial charge in [-0.15, -0.1) is 0 Å². The first-order valence-electron chi connectivity index (χ1n) is 2.23. The van der Waals surface area contributed by atoms with Crippen molar-refractivity contribution in [1.29, 1.82) is 0 Å². The number of quaternary nitrogens is 1. The average molecular weight is 87.2 g/mol. The molecular weight excluding hydrogens is 74.1 g/mol. The number of hydrogen-bond acceptors (Lipinski definition) is 0. The van der Waals surface area contributed by atoms with Gasteiger partial charge in [-0.2, -0.15) is 0 Å². The summed E-state index contributed by atoms with van der Waals surface area (Å²) in [5, 5.41) is 0. The van der Waals surface area contributed by atoms with Crippen LogP contribution in [0.2, 0.25) is 0 Å². The minimum Gasteiger partial charge on any atom is -0.324 e. The molecule has 1 heteroatoms. The smallest absolute Gasteiger partial charge is 0.128 e. The Kier molecular flexibility index (Phi) is 1.59. The van der Waals surface area contributed by atoms with Crippen LogP contribution >= 0.6 is 0 Å². The van der Waals surface area contributed by atoms with Crippen molar-refractivity contribution in [1.82, 2.24) is 0 Å². The van der Waals surface area contributed by atoms with Crippen LogP contribution in [-0.4, -0.2) is 25.1 Å². The summed E-state index contributed by atoms with van der Waals surface area (Å²) in [5.41, 5.74) is 0. The van der Waals surface area contributed by atoms with Gasteiger partial charge in [0.25, 0.3) is 0 Å². The molecule has 0 aliphatic heterocycles. The topological polar surface area (TPSA) is 0 Å². The van der Waals surface area contributed by atoms with Crippen LogP contribution in [0.25, 0.3) is 0 Å². The van der Waals surface area contributed by atoms with E-state index in [1.165, 1.54) is 0 Å². The lowest BCUT2D eigenvalue weighted by Crippen LogP contribution is -2.30. The van der Waals surface area contributed by atoms with E-state index < -0.39 is 0 Å². The van der Waals surface area contributed by atoms with Crippen LogP contribution in [0.4, 0.5) is 0 Å². The lowest BCUT2D eigenvalue weighted by atomic mass is 10.6. The summed E-state index contributed by atoms with van der Waals surface area (Å²) in [6.07, 6.45) is 0. The van der Waals surface area contributed by atoms with E-state index in [0.29, 0.717) is 0 Å². The van der Waals surface area contributed by atoms with Crippen LogP contribution in [0, 0.1) is 7.05 Å². The van der Waals surface area contributed by atoms with Gasteiger partial charge in [0.2, 0.25) is 0 Å². The van der Waals surface area contributed by atoms with Gasteiger partial charge in [0, 0.05) is 0 Å². The molecule has 0 bridgehead atoms. The minimum absolute atomic E-state index is 0.819. The Bertz CT molecular complexity index is 33.7. The van der Waals surface area contributed by atoms with Crippen molar-refractivity contribution in [3.05, 3.63) is 7.05 Å². The molecule has 0 unspecified atom stereocenters. The SMILES string of the molecule is [CH2][N+](C)(C)CC. The Morgan fingerprint density at radius 3 is 1.67 bits per heavy atom. The predicted octanol–water partition coefficient (Wildman–Crippen LogP) is 0.874. The maximum Gasteiger partial charge on any atom is 0.128 e. The van der Waals surface area contributed by atoms with Crippen molar-refractivity contribution >= 4 is 0 Å². The van der Waals surface area contributed by atoms with Crippen molar-refractivity contribution in [2.24, 2.45) is 0 Å². The van der Waals surface area contributed by atoms with E-state index in [0.717, 1.165) is 11.0 Å². The molecule has 6 heavy (non-hydrogen) atoms. The average Bonchev–Trinajstić information content (AvgIpc) is 1.35. The largest absolute Gasteiger partial charge is 0.324 e. The Labute approximate surface area is 40.2 Å². The van der Waals surface area contributed by atoms with Gasteiger partial charge in [-0.25, -0.2) is 0 Å². The second-order valence-corrected chi connectivity index (χ2v) is 2.25. The van der Waals surface area contributed by atoms with Gasteiger partial charge >= 0.3 is 0 Å². The summed E-state index contributed by atoms with van der Waals surface area (Å²) in [4.78, 5) is 0. The molecule has 0 saturated heterocycles. The van der Waals surface area contributed by atoms with Crippen molar-refractivity contribution < 1.29 is 4.48 Å². The maximum atomic E-state index is 3.83. The molecule has 1 radical (unpaired) electrons. The highest BCUT2D eigenvalue weighted by Gasteiger charge is 1.98. The second-order valence-electron chi connectivity index (χ2n) is 2.25. The van der Waals surface area contributed by atoms with E-state index in [2.05, 4.69) is 28.1 Å². The van der Waals surface area contributed by atoms with E-state index in [1.807, 2.05) is 0 Å². The molecule has 0 rings (SSSR count). The van der Waals surface area contributed by atoms with Gasteiger partial charge < -0.3 is 4.48 Å². The summed E-state index contributed by atoms with van der Waals surface area (Å²) in [7, 11) is 7.97. The van der Waals surface area contributed by atoms with Gasteiger partial charge in [0.1, 0.15) is 7.05 Å². The summed E-state index contributed by atoms with van der Waals surface area (Å²) >= 11 is 0. The molecule has 0 aromatic rings. The molecular formula is C5H13N+. The van der Waals surface area contributed by atoms with Crippen molar-refractivity contribution in [3.8, 4) is 0 Å². The fourth-order valence-electron chi connectivity index (χ4n) is 0. The van der Waals surface area contributed by atoms with Crippen molar-refractivity contribution in [2.45, 2.75) is 6.92 Å². The molecule has 0 amide bonds. The van der Waals surface area contributed by atoms with Crippen LogP contribution < -0.4 is 0 Å². The first-order chi connectivity index (χ1) is 2.56. The Hall–Kier alpha value is -0.0400. The highest BCUT2D eigenvalue weighted by Crippen LogP contribution is 1.87. The van der Waals surface area contributed by atoms with Gasteiger partial charge in [0.05, 0.1) is 20.6 Å². The zero-order chi connectivity index (χ0) is 5.21. The van der Waals surface area contributed by atoms with Crippen molar-refractivity contribution in [3.63, 3.8) is 0 Å². The van der Waals surface area contributed by atoms with Crippen LogP contribution in [-0.2, 0) is 0 Å². The van der Waals surface area contributed by atoms with E-state index >= 15 is 0 Å². The number of hydrogen-bond donors (Lipinski definition) is 0. The fraction of sp³-hybridized carbons (Fsp3) is 0.800. The third-order valence-corrected chi connectivity index (χ3v) is 0.856. The van der Waals surface area contributed by atoms with Gasteiger partial charge in [-0.05, 0) is 6.92 Å². The molecule has 0 atom stereocenters. The highest BCUT2D eigenvalue weighted by molar-refractivity contribution is 4.14. The summed E-state index contributed by atoms with van der Waals surface area (Å²) in [6, 6.07) is 0. The minimum atomic E-state index is 0.819. The molecule has 0 heterocycles. The fourth-order valence-corrected chi connectivity index (χ4v) is 0. The van der Waals surface area contributed by atoms with Crippen molar-refractivity contribution in [2.75, 3.05) is 20.6 Å². The third kappa shape index (κ3) is 3.96. The normalized spacial score (nSPS) is 12.0. The highest BCUT2D eigenvalue weighted by atomic mass is 15.3. The van der Waals surface area contributed by atoms with Crippen LogP contribution in [0.15, 0.2) is 0 Å². The summed E-state index contributed by atoms with van der Waals surface area (Å²) in [5.74, 6) is 0. The Balaban J connectivity index is 3.17. The monoisotopic (exact) mass is 87.1 g/mol. The van der Waals surface area contributed by atoms with E-state index in [4.69, 9.17) is 0 Å². The molecule has 0 saturated carbocycles. The Morgan fingerprint density at radius 2 is 1.67 bits per heavy atom. The number of nitrogens with zero attached hydrogens (tertiary/aromatic N) is 1. The summed E-state index contributed by atoms with van der Waals surface area (Å²) in [6.45, 7) is 3.22. The second kappa shape index (κ2) is 1.61. The van der Waals surface area contributed by atoms with E-state index in [-0.39, 0.29) is 0 Å². The molecule has 0 fully saturated rings. The maximum absolute atomic E-state index is 3.83. The number of rotatable bonds is 1. The molecule has 0 aromatic carbocycles. The molecule has 0 aliphatic rings. The van der Waals surface area contributed by atoms with Gasteiger partial charge in [0.15, 0.2) is 0 Å². The van der Waals surface area contributed by atoms with E-state index in [9.17, 15) is 0 Å². The first kappa shape index (κ1) is 5.96. The van der Waals surface area contributed by atoms with Crippen LogP contribution in [0.1, 0.15) is 6.92 Å². The third-order valence-electron chi connectivity index (χ3n) is 0.856. The first-order valence-corrected chi connectivity index (χ1v) is 2.23. The zero-order valence-electron chi connectivity index (χ0n) is 4.86. The quantitative estimate of drug-likeness (QED) is 0.416. The van der Waals surface area contributed by atoms with Crippen LogP contribution in [0.5, 0.6) is 0 Å². The molecule has 1 nitrogen and oxygen atoms in total. The summed E-state index contributed by atoms with van der Waals surface area (Å²) < 4.78 is 0.819. The predicted molar refractivity (Wildman–Crippen MR) is 28.0 cm³/mol. The lowest BCUT2D eigenvalue weighted by molar-refractivity contribution is -0.843. The molecule has 0 spiro atoms.